The SMILES string of the molecule is CCCCCCCCCC(CNCC)c1ccccc1F. The Bertz CT molecular complexity index is 364. The summed E-state index contributed by atoms with van der Waals surface area (Å²) < 4.78 is 14.0. The summed E-state index contributed by atoms with van der Waals surface area (Å²) in [6.45, 7) is 6.18. The highest BCUT2D eigenvalue weighted by molar-refractivity contribution is 5.22. The van der Waals surface area contributed by atoms with E-state index in [4.69, 9.17) is 0 Å². The van der Waals surface area contributed by atoms with Gasteiger partial charge in [-0.2, -0.15) is 0 Å². The molecule has 0 aliphatic rings. The zero-order valence-electron chi connectivity index (χ0n) is 13.8. The minimum Gasteiger partial charge on any atom is -0.316 e. The lowest BCUT2D eigenvalue weighted by Crippen LogP contribution is -2.22. The average Bonchev–Trinajstić information content (AvgIpc) is 2.50. The van der Waals surface area contributed by atoms with E-state index in [0.29, 0.717) is 5.92 Å². The van der Waals surface area contributed by atoms with Crippen LogP contribution in [0.5, 0.6) is 0 Å². The molecule has 1 nitrogen and oxygen atoms in total. The van der Waals surface area contributed by atoms with Crippen LogP contribution in [0.4, 0.5) is 4.39 Å². The highest BCUT2D eigenvalue weighted by atomic mass is 19.1. The topological polar surface area (TPSA) is 12.0 Å². The highest BCUT2D eigenvalue weighted by Crippen LogP contribution is 2.24. The average molecular weight is 293 g/mol. The van der Waals surface area contributed by atoms with Gasteiger partial charge in [-0.15, -0.1) is 0 Å². The van der Waals surface area contributed by atoms with E-state index < -0.39 is 0 Å². The van der Waals surface area contributed by atoms with Crippen LogP contribution in [-0.2, 0) is 0 Å². The van der Waals surface area contributed by atoms with Gasteiger partial charge in [0.1, 0.15) is 5.82 Å². The first kappa shape index (κ1) is 18.2. The molecule has 2 heteroatoms. The van der Waals surface area contributed by atoms with Crippen molar-refractivity contribution in [2.24, 2.45) is 0 Å². The molecule has 0 aliphatic heterocycles. The number of hydrogen-bond donors (Lipinski definition) is 1. The van der Waals surface area contributed by atoms with Crippen molar-refractivity contribution in [1.29, 1.82) is 0 Å². The first-order valence-corrected chi connectivity index (χ1v) is 8.74. The Labute approximate surface area is 130 Å². The zero-order chi connectivity index (χ0) is 15.3. The maximum absolute atomic E-state index is 14.0. The van der Waals surface area contributed by atoms with Crippen molar-refractivity contribution >= 4 is 0 Å². The summed E-state index contributed by atoms with van der Waals surface area (Å²) in [6.07, 6.45) is 10.3. The molecule has 0 radical (unpaired) electrons. The molecule has 1 N–H and O–H groups in total. The lowest BCUT2D eigenvalue weighted by molar-refractivity contribution is 0.490. The number of likely N-dealkylation sites (N-methyl/N-ethyl adjacent to an activating group) is 1. The van der Waals surface area contributed by atoms with Gasteiger partial charge in [0, 0.05) is 6.54 Å². The van der Waals surface area contributed by atoms with Crippen LogP contribution in [0.3, 0.4) is 0 Å². The third-order valence-electron chi connectivity index (χ3n) is 4.14. The first-order chi connectivity index (χ1) is 10.3. The molecule has 0 saturated carbocycles. The second-order valence-corrected chi connectivity index (χ2v) is 5.94. The zero-order valence-corrected chi connectivity index (χ0v) is 13.8. The van der Waals surface area contributed by atoms with Crippen LogP contribution in [0.2, 0.25) is 0 Å². The molecule has 0 aromatic heterocycles. The normalized spacial score (nSPS) is 12.5. The summed E-state index contributed by atoms with van der Waals surface area (Å²) in [6, 6.07) is 7.25. The van der Waals surface area contributed by atoms with Gasteiger partial charge >= 0.3 is 0 Å². The van der Waals surface area contributed by atoms with E-state index >= 15 is 0 Å². The van der Waals surface area contributed by atoms with Crippen molar-refractivity contribution in [2.45, 2.75) is 71.1 Å². The maximum Gasteiger partial charge on any atom is 0.126 e. The minimum atomic E-state index is -0.0525. The van der Waals surface area contributed by atoms with Crippen LogP contribution in [0.1, 0.15) is 76.7 Å². The van der Waals surface area contributed by atoms with Gasteiger partial charge in [0.15, 0.2) is 0 Å². The van der Waals surface area contributed by atoms with E-state index in [1.807, 2.05) is 12.1 Å². The van der Waals surface area contributed by atoms with E-state index in [2.05, 4.69) is 19.2 Å². The number of benzene rings is 1. The number of hydrogen-bond acceptors (Lipinski definition) is 1. The van der Waals surface area contributed by atoms with Gasteiger partial charge in [-0.05, 0) is 30.5 Å². The molecule has 1 unspecified atom stereocenters. The van der Waals surface area contributed by atoms with Crippen molar-refractivity contribution in [2.75, 3.05) is 13.1 Å². The number of unbranched alkanes of at least 4 members (excludes halogenated alkanes) is 6. The smallest absolute Gasteiger partial charge is 0.126 e. The second-order valence-electron chi connectivity index (χ2n) is 5.94. The molecular formula is C19H32FN. The fourth-order valence-electron chi connectivity index (χ4n) is 2.84. The van der Waals surface area contributed by atoms with Crippen molar-refractivity contribution in [3.63, 3.8) is 0 Å². The van der Waals surface area contributed by atoms with Gasteiger partial charge < -0.3 is 5.32 Å². The molecule has 0 heterocycles. The van der Waals surface area contributed by atoms with E-state index in [-0.39, 0.29) is 5.82 Å². The quantitative estimate of drug-likeness (QED) is 0.490. The third kappa shape index (κ3) is 7.61. The van der Waals surface area contributed by atoms with Gasteiger partial charge in [0.2, 0.25) is 0 Å². The molecule has 0 spiro atoms. The molecule has 0 saturated heterocycles. The lowest BCUT2D eigenvalue weighted by Gasteiger charge is -2.18. The Morgan fingerprint density at radius 1 is 0.952 bits per heavy atom. The summed E-state index contributed by atoms with van der Waals surface area (Å²) >= 11 is 0. The lowest BCUT2D eigenvalue weighted by atomic mass is 9.92. The molecule has 1 aromatic carbocycles. The minimum absolute atomic E-state index is 0.0525. The largest absolute Gasteiger partial charge is 0.316 e. The molecule has 0 aliphatic carbocycles. The summed E-state index contributed by atoms with van der Waals surface area (Å²) in [5.41, 5.74) is 0.879. The summed E-state index contributed by atoms with van der Waals surface area (Å²) in [4.78, 5) is 0. The van der Waals surface area contributed by atoms with Gasteiger partial charge in [0.05, 0.1) is 0 Å². The number of rotatable bonds is 12. The standard InChI is InChI=1S/C19H32FN/c1-3-5-6-7-8-9-10-13-17(16-21-4-2)18-14-11-12-15-19(18)20/h11-12,14-15,17,21H,3-10,13,16H2,1-2H3. The fraction of sp³-hybridized carbons (Fsp3) is 0.684. The van der Waals surface area contributed by atoms with E-state index in [1.165, 1.54) is 44.9 Å². The molecule has 0 amide bonds. The predicted molar refractivity (Wildman–Crippen MR) is 90.3 cm³/mol. The monoisotopic (exact) mass is 293 g/mol. The van der Waals surface area contributed by atoms with Crippen LogP contribution in [0.15, 0.2) is 24.3 Å². The van der Waals surface area contributed by atoms with E-state index in [0.717, 1.165) is 25.1 Å². The Morgan fingerprint density at radius 3 is 2.29 bits per heavy atom. The van der Waals surface area contributed by atoms with Gasteiger partial charge in [-0.25, -0.2) is 4.39 Å². The Balaban J connectivity index is 2.35. The molecule has 1 aromatic rings. The second kappa shape index (κ2) is 11.7. The Kier molecular flexibility index (Phi) is 10.1. The molecular weight excluding hydrogens is 261 g/mol. The molecule has 1 rings (SSSR count). The fourth-order valence-corrected chi connectivity index (χ4v) is 2.84. The predicted octanol–water partition coefficient (Wildman–Crippen LogP) is 5.66. The Morgan fingerprint density at radius 2 is 1.62 bits per heavy atom. The van der Waals surface area contributed by atoms with Crippen LogP contribution < -0.4 is 5.32 Å². The number of halogens is 1. The summed E-state index contributed by atoms with van der Waals surface area (Å²) in [5, 5.41) is 3.38. The van der Waals surface area contributed by atoms with Crippen LogP contribution in [0.25, 0.3) is 0 Å². The van der Waals surface area contributed by atoms with E-state index in [9.17, 15) is 4.39 Å². The van der Waals surface area contributed by atoms with Crippen molar-refractivity contribution in [3.05, 3.63) is 35.6 Å². The van der Waals surface area contributed by atoms with Gasteiger partial charge in [-0.1, -0.05) is 77.0 Å². The van der Waals surface area contributed by atoms with Crippen LogP contribution in [-0.4, -0.2) is 13.1 Å². The molecule has 1 atom stereocenters. The third-order valence-corrected chi connectivity index (χ3v) is 4.14. The summed E-state index contributed by atoms with van der Waals surface area (Å²) in [7, 11) is 0. The maximum atomic E-state index is 14.0. The van der Waals surface area contributed by atoms with E-state index in [1.54, 1.807) is 12.1 Å². The van der Waals surface area contributed by atoms with Crippen molar-refractivity contribution < 1.29 is 4.39 Å². The van der Waals surface area contributed by atoms with Crippen LogP contribution in [0, 0.1) is 5.82 Å². The van der Waals surface area contributed by atoms with Gasteiger partial charge in [-0.3, -0.25) is 0 Å². The summed E-state index contributed by atoms with van der Waals surface area (Å²) in [5.74, 6) is 0.255. The van der Waals surface area contributed by atoms with Crippen molar-refractivity contribution in [1.82, 2.24) is 5.32 Å². The highest BCUT2D eigenvalue weighted by Gasteiger charge is 2.14. The molecule has 120 valence electrons. The number of nitrogens with one attached hydrogen (secondary N) is 1. The molecule has 0 bridgehead atoms. The molecule has 0 fully saturated rings. The molecule has 21 heavy (non-hydrogen) atoms. The van der Waals surface area contributed by atoms with Crippen molar-refractivity contribution in [3.8, 4) is 0 Å². The Hall–Kier alpha value is -0.890. The van der Waals surface area contributed by atoms with Crippen LogP contribution >= 0.6 is 0 Å². The van der Waals surface area contributed by atoms with Gasteiger partial charge in [0.25, 0.3) is 0 Å². The first-order valence-electron chi connectivity index (χ1n) is 8.74.